The first-order valence-corrected chi connectivity index (χ1v) is 11.2. The number of nitrogens with zero attached hydrogens (tertiary/aromatic N) is 1. The SMILES string of the molecule is Cc1ccccc1CN(C(=O)C1CCCC1)c1ccc(CC(=O)NCC(C)C)cc1. The van der Waals surface area contributed by atoms with Gasteiger partial charge in [0, 0.05) is 18.2 Å². The lowest BCUT2D eigenvalue weighted by Gasteiger charge is -2.27. The van der Waals surface area contributed by atoms with Crippen molar-refractivity contribution >= 4 is 17.5 Å². The summed E-state index contributed by atoms with van der Waals surface area (Å²) < 4.78 is 0. The van der Waals surface area contributed by atoms with E-state index in [2.05, 4.69) is 38.2 Å². The number of aryl methyl sites for hydroxylation is 1. The number of carbonyl (C=O) groups is 2. The summed E-state index contributed by atoms with van der Waals surface area (Å²) in [5.74, 6) is 0.817. The molecule has 30 heavy (non-hydrogen) atoms. The van der Waals surface area contributed by atoms with Crippen LogP contribution >= 0.6 is 0 Å². The van der Waals surface area contributed by atoms with Gasteiger partial charge in [0.25, 0.3) is 0 Å². The van der Waals surface area contributed by atoms with Gasteiger partial charge in [0.2, 0.25) is 11.8 Å². The van der Waals surface area contributed by atoms with Gasteiger partial charge in [0.15, 0.2) is 0 Å². The molecule has 2 aromatic rings. The summed E-state index contributed by atoms with van der Waals surface area (Å²) in [6.07, 6.45) is 4.61. The predicted octanol–water partition coefficient (Wildman–Crippen LogP) is 5.03. The normalized spacial score (nSPS) is 14.1. The Morgan fingerprint density at radius 3 is 2.33 bits per heavy atom. The molecular weight excluding hydrogens is 372 g/mol. The number of anilines is 1. The lowest BCUT2D eigenvalue weighted by molar-refractivity contribution is -0.122. The standard InChI is InChI=1S/C26H34N2O2/c1-19(2)17-27-25(29)16-21-12-14-24(15-13-21)28(26(30)22-9-6-7-10-22)18-23-11-5-4-8-20(23)3/h4-5,8,11-15,19,22H,6-7,9-10,16-18H2,1-3H3,(H,27,29). The Balaban J connectivity index is 1.76. The van der Waals surface area contributed by atoms with Crippen molar-refractivity contribution in [3.05, 3.63) is 65.2 Å². The molecule has 0 unspecified atom stereocenters. The third-order valence-corrected chi connectivity index (χ3v) is 5.88. The quantitative estimate of drug-likeness (QED) is 0.668. The lowest BCUT2D eigenvalue weighted by atomic mass is 10.0. The molecule has 0 bridgehead atoms. The number of nitrogens with one attached hydrogen (secondary N) is 1. The van der Waals surface area contributed by atoms with Crippen LogP contribution in [0.25, 0.3) is 0 Å². The Labute approximate surface area is 180 Å². The second kappa shape index (κ2) is 10.4. The summed E-state index contributed by atoms with van der Waals surface area (Å²) >= 11 is 0. The maximum atomic E-state index is 13.3. The zero-order valence-corrected chi connectivity index (χ0v) is 18.5. The maximum Gasteiger partial charge on any atom is 0.230 e. The van der Waals surface area contributed by atoms with Gasteiger partial charge in [0.1, 0.15) is 0 Å². The average molecular weight is 407 g/mol. The van der Waals surface area contributed by atoms with E-state index in [1.807, 2.05) is 41.3 Å². The highest BCUT2D eigenvalue weighted by Gasteiger charge is 2.28. The van der Waals surface area contributed by atoms with E-state index >= 15 is 0 Å². The Hall–Kier alpha value is -2.62. The molecule has 1 saturated carbocycles. The molecule has 0 heterocycles. The van der Waals surface area contributed by atoms with E-state index in [0.717, 1.165) is 36.9 Å². The molecule has 4 nitrogen and oxygen atoms in total. The van der Waals surface area contributed by atoms with Crippen LogP contribution in [0.5, 0.6) is 0 Å². The topological polar surface area (TPSA) is 49.4 Å². The molecule has 3 rings (SSSR count). The van der Waals surface area contributed by atoms with Gasteiger partial charge in [-0.15, -0.1) is 0 Å². The monoisotopic (exact) mass is 406 g/mol. The van der Waals surface area contributed by atoms with Gasteiger partial charge < -0.3 is 10.2 Å². The fraction of sp³-hybridized carbons (Fsp3) is 0.462. The van der Waals surface area contributed by atoms with Crippen LogP contribution in [0.3, 0.4) is 0 Å². The summed E-state index contributed by atoms with van der Waals surface area (Å²) in [4.78, 5) is 27.4. The second-order valence-electron chi connectivity index (χ2n) is 8.87. The predicted molar refractivity (Wildman–Crippen MR) is 122 cm³/mol. The molecule has 1 aliphatic carbocycles. The minimum Gasteiger partial charge on any atom is -0.356 e. The molecule has 2 amide bonds. The van der Waals surface area contributed by atoms with Crippen LogP contribution in [0.2, 0.25) is 0 Å². The summed E-state index contributed by atoms with van der Waals surface area (Å²) in [5, 5.41) is 2.96. The van der Waals surface area contributed by atoms with Gasteiger partial charge in [-0.05, 0) is 54.5 Å². The number of hydrogen-bond donors (Lipinski definition) is 1. The first-order valence-electron chi connectivity index (χ1n) is 11.2. The minimum absolute atomic E-state index is 0.0373. The van der Waals surface area contributed by atoms with Gasteiger partial charge in [0.05, 0.1) is 13.0 Å². The van der Waals surface area contributed by atoms with Crippen molar-refractivity contribution in [2.24, 2.45) is 11.8 Å². The van der Waals surface area contributed by atoms with Crippen molar-refractivity contribution in [2.75, 3.05) is 11.4 Å². The van der Waals surface area contributed by atoms with Crippen molar-refractivity contribution in [3.63, 3.8) is 0 Å². The Kier molecular flexibility index (Phi) is 7.67. The summed E-state index contributed by atoms with van der Waals surface area (Å²) in [5.41, 5.74) is 4.23. The van der Waals surface area contributed by atoms with E-state index in [4.69, 9.17) is 0 Å². The molecule has 0 radical (unpaired) electrons. The molecule has 2 aromatic carbocycles. The van der Waals surface area contributed by atoms with Crippen LogP contribution in [0.1, 0.15) is 56.2 Å². The molecule has 160 valence electrons. The van der Waals surface area contributed by atoms with Crippen LogP contribution in [0.15, 0.2) is 48.5 Å². The van der Waals surface area contributed by atoms with Gasteiger partial charge in [-0.1, -0.05) is 63.1 Å². The number of rotatable bonds is 8. The molecule has 0 spiro atoms. The molecule has 1 aliphatic rings. The van der Waals surface area contributed by atoms with E-state index in [0.29, 0.717) is 25.4 Å². The van der Waals surface area contributed by atoms with Crippen molar-refractivity contribution in [1.82, 2.24) is 5.32 Å². The van der Waals surface area contributed by atoms with Crippen LogP contribution in [-0.2, 0) is 22.6 Å². The van der Waals surface area contributed by atoms with Gasteiger partial charge in [-0.2, -0.15) is 0 Å². The van der Waals surface area contributed by atoms with Crippen molar-refractivity contribution < 1.29 is 9.59 Å². The zero-order valence-electron chi connectivity index (χ0n) is 18.5. The van der Waals surface area contributed by atoms with E-state index in [-0.39, 0.29) is 17.7 Å². The van der Waals surface area contributed by atoms with Gasteiger partial charge in [-0.3, -0.25) is 9.59 Å². The van der Waals surface area contributed by atoms with Crippen LogP contribution < -0.4 is 10.2 Å². The molecule has 0 aliphatic heterocycles. The van der Waals surface area contributed by atoms with Crippen molar-refractivity contribution in [1.29, 1.82) is 0 Å². The minimum atomic E-state index is 0.0373. The Bertz CT molecular complexity index is 852. The molecular formula is C26H34N2O2. The van der Waals surface area contributed by atoms with Crippen LogP contribution in [-0.4, -0.2) is 18.4 Å². The third-order valence-electron chi connectivity index (χ3n) is 5.88. The third kappa shape index (κ3) is 5.94. The summed E-state index contributed by atoms with van der Waals surface area (Å²) in [7, 11) is 0. The molecule has 0 saturated heterocycles. The second-order valence-corrected chi connectivity index (χ2v) is 8.87. The smallest absolute Gasteiger partial charge is 0.230 e. The average Bonchev–Trinajstić information content (AvgIpc) is 3.27. The lowest BCUT2D eigenvalue weighted by Crippen LogP contribution is -2.35. The Morgan fingerprint density at radius 1 is 1.03 bits per heavy atom. The molecule has 1 N–H and O–H groups in total. The van der Waals surface area contributed by atoms with E-state index < -0.39 is 0 Å². The van der Waals surface area contributed by atoms with Crippen molar-refractivity contribution in [2.45, 2.75) is 59.4 Å². The first-order chi connectivity index (χ1) is 14.4. The first kappa shape index (κ1) is 22.1. The van der Waals surface area contributed by atoms with Gasteiger partial charge in [-0.25, -0.2) is 0 Å². The van der Waals surface area contributed by atoms with E-state index in [1.54, 1.807) is 0 Å². The fourth-order valence-electron chi connectivity index (χ4n) is 4.01. The van der Waals surface area contributed by atoms with E-state index in [1.165, 1.54) is 11.1 Å². The highest BCUT2D eigenvalue weighted by molar-refractivity contribution is 5.95. The van der Waals surface area contributed by atoms with Crippen LogP contribution in [0, 0.1) is 18.8 Å². The largest absolute Gasteiger partial charge is 0.356 e. The van der Waals surface area contributed by atoms with Crippen molar-refractivity contribution in [3.8, 4) is 0 Å². The number of carbonyl (C=O) groups excluding carboxylic acids is 2. The maximum absolute atomic E-state index is 13.3. The zero-order chi connectivity index (χ0) is 21.5. The number of amides is 2. The van der Waals surface area contributed by atoms with Gasteiger partial charge >= 0.3 is 0 Å². The molecule has 0 atom stereocenters. The van der Waals surface area contributed by atoms with Crippen LogP contribution in [0.4, 0.5) is 5.69 Å². The Morgan fingerprint density at radius 2 is 1.70 bits per heavy atom. The number of benzene rings is 2. The summed E-state index contributed by atoms with van der Waals surface area (Å²) in [6, 6.07) is 16.1. The fourth-order valence-corrected chi connectivity index (χ4v) is 4.01. The highest BCUT2D eigenvalue weighted by atomic mass is 16.2. The molecule has 1 fully saturated rings. The molecule has 4 heteroatoms. The molecule has 0 aromatic heterocycles. The van der Waals surface area contributed by atoms with E-state index in [9.17, 15) is 9.59 Å². The number of hydrogen-bond acceptors (Lipinski definition) is 2. The summed E-state index contributed by atoms with van der Waals surface area (Å²) in [6.45, 7) is 7.53. The highest BCUT2D eigenvalue weighted by Crippen LogP contribution is 2.30.